The van der Waals surface area contributed by atoms with E-state index in [1.165, 1.54) is 0 Å². The van der Waals surface area contributed by atoms with Gasteiger partial charge in [0.05, 0.1) is 6.20 Å². The lowest BCUT2D eigenvalue weighted by Gasteiger charge is -2.11. The van der Waals surface area contributed by atoms with Gasteiger partial charge in [-0.15, -0.1) is 0 Å². The predicted molar refractivity (Wildman–Crippen MR) is 71.6 cm³/mol. The molecule has 0 aliphatic rings. The minimum Gasteiger partial charge on any atom is -0.293 e. The lowest BCUT2D eigenvalue weighted by Crippen LogP contribution is -2.33. The fourth-order valence-electron chi connectivity index (χ4n) is 1.61. The summed E-state index contributed by atoms with van der Waals surface area (Å²) in [6.07, 6.45) is 1.74. The van der Waals surface area contributed by atoms with Gasteiger partial charge in [-0.2, -0.15) is 5.10 Å². The van der Waals surface area contributed by atoms with E-state index < -0.39 is 62.1 Å². The van der Waals surface area contributed by atoms with Gasteiger partial charge in [-0.05, 0) is 0 Å². The number of nitrogens with one attached hydrogen (secondary N) is 2. The van der Waals surface area contributed by atoms with Crippen LogP contribution in [0.2, 0.25) is 0 Å². The number of aromatic nitrogens is 2. The van der Waals surface area contributed by atoms with Crippen LogP contribution in [-0.4, -0.2) is 24.1 Å². The zero-order chi connectivity index (χ0) is 18.9. The van der Waals surface area contributed by atoms with Gasteiger partial charge in [-0.3, -0.25) is 20.3 Å². The molecule has 1 heterocycles. The summed E-state index contributed by atoms with van der Waals surface area (Å²) < 4.78 is 88.5. The van der Waals surface area contributed by atoms with Gasteiger partial charge in [0.15, 0.2) is 23.3 Å². The first-order valence-corrected chi connectivity index (χ1v) is 7.68. The van der Waals surface area contributed by atoms with Crippen molar-refractivity contribution in [2.75, 3.05) is 5.43 Å². The molecule has 4 N–H and O–H groups in total. The molecule has 8 nitrogen and oxygen atoms in total. The van der Waals surface area contributed by atoms with Gasteiger partial charge in [0.1, 0.15) is 17.1 Å². The Bertz CT molecular complexity index is 917. The molecule has 25 heavy (non-hydrogen) atoms. The maximum atomic E-state index is 13.4. The number of hydrazine groups is 1. The Morgan fingerprint density at radius 1 is 1.08 bits per heavy atom. The monoisotopic (exact) mass is 385 g/mol. The summed E-state index contributed by atoms with van der Waals surface area (Å²) in [6.45, 7) is -0.641. The fourth-order valence-corrected chi connectivity index (χ4v) is 2.07. The molecular formula is C11H8F5N5O3S. The Kier molecular flexibility index (Phi) is 4.94. The molecule has 0 unspecified atom stereocenters. The number of anilines is 1. The summed E-state index contributed by atoms with van der Waals surface area (Å²) in [4.78, 5) is 11.2. The van der Waals surface area contributed by atoms with Gasteiger partial charge in [0.2, 0.25) is 15.8 Å². The van der Waals surface area contributed by atoms with E-state index in [4.69, 9.17) is 5.14 Å². The van der Waals surface area contributed by atoms with Crippen LogP contribution in [0.25, 0.3) is 0 Å². The lowest BCUT2D eigenvalue weighted by molar-refractivity contribution is -0.121. The third-order valence-corrected chi connectivity index (χ3v) is 3.65. The quantitative estimate of drug-likeness (QED) is 0.297. The summed E-state index contributed by atoms with van der Waals surface area (Å²) in [5, 5.41) is 8.33. The second-order valence-corrected chi connectivity index (χ2v) is 6.10. The Labute approximate surface area is 136 Å². The highest BCUT2D eigenvalue weighted by atomic mass is 32.2. The topological polar surface area (TPSA) is 119 Å². The molecule has 0 atom stereocenters. The van der Waals surface area contributed by atoms with Gasteiger partial charge in [0, 0.05) is 6.20 Å². The van der Waals surface area contributed by atoms with Crippen LogP contribution < -0.4 is 16.0 Å². The van der Waals surface area contributed by atoms with Crippen molar-refractivity contribution in [1.29, 1.82) is 0 Å². The Morgan fingerprint density at radius 2 is 1.60 bits per heavy atom. The molecule has 0 radical (unpaired) electrons. The minimum absolute atomic E-state index is 0.395. The van der Waals surface area contributed by atoms with Gasteiger partial charge >= 0.3 is 0 Å². The predicted octanol–water partition coefficient (Wildman–Crippen LogP) is 0.369. The van der Waals surface area contributed by atoms with Crippen LogP contribution in [0, 0.1) is 29.1 Å². The van der Waals surface area contributed by atoms with Crippen molar-refractivity contribution in [3.8, 4) is 0 Å². The van der Waals surface area contributed by atoms with Crippen molar-refractivity contribution in [3.05, 3.63) is 41.5 Å². The average Bonchev–Trinajstić information content (AvgIpc) is 2.99. The van der Waals surface area contributed by atoms with Crippen LogP contribution >= 0.6 is 0 Å². The van der Waals surface area contributed by atoms with Gasteiger partial charge in [-0.1, -0.05) is 0 Å². The molecule has 1 aromatic carbocycles. The first-order chi connectivity index (χ1) is 11.5. The first kappa shape index (κ1) is 18.6. The van der Waals surface area contributed by atoms with Crippen LogP contribution in [-0.2, 0) is 21.4 Å². The van der Waals surface area contributed by atoms with E-state index in [1.54, 1.807) is 10.9 Å². The molecule has 0 aliphatic carbocycles. The largest absolute Gasteiger partial charge is 0.293 e. The first-order valence-electron chi connectivity index (χ1n) is 6.14. The number of sulfonamides is 1. The molecule has 1 amide bonds. The maximum absolute atomic E-state index is 13.4. The fraction of sp³-hybridized carbons (Fsp3) is 0.0909. The van der Waals surface area contributed by atoms with Crippen molar-refractivity contribution in [1.82, 2.24) is 15.2 Å². The van der Waals surface area contributed by atoms with Crippen LogP contribution in [0.1, 0.15) is 0 Å². The van der Waals surface area contributed by atoms with E-state index in [9.17, 15) is 35.2 Å². The molecule has 2 aromatic rings. The normalized spacial score (nSPS) is 11.4. The van der Waals surface area contributed by atoms with E-state index >= 15 is 0 Å². The number of rotatable bonds is 5. The molecule has 0 aliphatic heterocycles. The number of benzene rings is 1. The van der Waals surface area contributed by atoms with E-state index in [0.717, 1.165) is 17.1 Å². The highest BCUT2D eigenvalue weighted by Crippen LogP contribution is 2.26. The van der Waals surface area contributed by atoms with E-state index in [1.807, 2.05) is 0 Å². The number of halogens is 5. The van der Waals surface area contributed by atoms with Crippen molar-refractivity contribution >= 4 is 21.6 Å². The molecule has 1 aromatic heterocycles. The number of hydrogen-bond acceptors (Lipinski definition) is 5. The van der Waals surface area contributed by atoms with Crippen LogP contribution in [0.15, 0.2) is 17.3 Å². The molecule has 0 saturated heterocycles. The number of carbonyl (C=O) groups excluding carboxylic acids is 1. The molecule has 0 spiro atoms. The molecule has 0 saturated carbocycles. The summed E-state index contributed by atoms with van der Waals surface area (Å²) in [7, 11) is -4.05. The number of amides is 1. The Hall–Kier alpha value is -2.74. The van der Waals surface area contributed by atoms with Crippen LogP contribution in [0.4, 0.5) is 27.6 Å². The second kappa shape index (κ2) is 6.64. The number of nitrogens with two attached hydrogens (primary N) is 1. The molecule has 14 heteroatoms. The zero-order valence-electron chi connectivity index (χ0n) is 11.9. The summed E-state index contributed by atoms with van der Waals surface area (Å²) in [6, 6.07) is 0. The highest BCUT2D eigenvalue weighted by Gasteiger charge is 2.26. The Morgan fingerprint density at radius 3 is 2.08 bits per heavy atom. The van der Waals surface area contributed by atoms with E-state index in [-0.39, 0.29) is 0 Å². The molecule has 0 bridgehead atoms. The number of hydrogen-bond donors (Lipinski definition) is 3. The zero-order valence-corrected chi connectivity index (χ0v) is 12.7. The van der Waals surface area contributed by atoms with E-state index in [0.29, 0.717) is 0 Å². The Balaban J connectivity index is 2.10. The van der Waals surface area contributed by atoms with Gasteiger partial charge in [-0.25, -0.2) is 35.5 Å². The third-order valence-electron chi connectivity index (χ3n) is 2.78. The summed E-state index contributed by atoms with van der Waals surface area (Å²) in [5.41, 5.74) is 1.79. The maximum Gasteiger partial charge on any atom is 0.260 e. The number of nitrogens with zero attached hydrogens (tertiary/aromatic N) is 2. The SMILES string of the molecule is NS(=O)(=O)c1cnn(CC(=O)NNc2c(F)c(F)c(F)c(F)c2F)c1. The molecule has 2 rings (SSSR count). The minimum atomic E-state index is -4.05. The smallest absolute Gasteiger partial charge is 0.260 e. The summed E-state index contributed by atoms with van der Waals surface area (Å²) in [5.74, 6) is -12.1. The molecule has 0 fully saturated rings. The summed E-state index contributed by atoms with van der Waals surface area (Å²) >= 11 is 0. The molecular weight excluding hydrogens is 377 g/mol. The van der Waals surface area contributed by atoms with Crippen molar-refractivity contribution in [2.24, 2.45) is 5.14 Å². The molecule has 136 valence electrons. The van der Waals surface area contributed by atoms with Crippen molar-refractivity contribution in [2.45, 2.75) is 11.4 Å². The van der Waals surface area contributed by atoms with Crippen molar-refractivity contribution in [3.63, 3.8) is 0 Å². The average molecular weight is 385 g/mol. The van der Waals surface area contributed by atoms with Crippen LogP contribution in [0.5, 0.6) is 0 Å². The standard InChI is InChI=1S/C11H8F5N5O3S/c12-6-7(13)9(15)11(10(16)8(6)14)20-19-5(22)3-21-2-4(1-18-21)25(17,23)24/h1-2,20H,3H2,(H,19,22)(H2,17,23,24). The number of carbonyl (C=O) groups is 1. The van der Waals surface area contributed by atoms with Gasteiger partial charge < -0.3 is 0 Å². The second-order valence-electron chi connectivity index (χ2n) is 4.54. The van der Waals surface area contributed by atoms with Gasteiger partial charge in [0.25, 0.3) is 5.91 Å². The van der Waals surface area contributed by atoms with Crippen molar-refractivity contribution < 1.29 is 35.2 Å². The third kappa shape index (κ3) is 3.85. The lowest BCUT2D eigenvalue weighted by atomic mass is 10.2. The van der Waals surface area contributed by atoms with E-state index in [2.05, 4.69) is 5.10 Å². The number of primary sulfonamides is 1. The van der Waals surface area contributed by atoms with Crippen LogP contribution in [0.3, 0.4) is 0 Å². The highest BCUT2D eigenvalue weighted by molar-refractivity contribution is 7.89.